The lowest BCUT2D eigenvalue weighted by molar-refractivity contribution is -0.870. The molecule has 0 aromatic heterocycles. The second-order valence-electron chi connectivity index (χ2n) is 17.8. The first kappa shape index (κ1) is 57.5. The molecule has 0 aliphatic carbocycles. The lowest BCUT2D eigenvalue weighted by Crippen LogP contribution is -2.37. The van der Waals surface area contributed by atoms with E-state index in [2.05, 4.69) is 38.2 Å². The number of nitrogens with zero attached hydrogens (tertiary/aromatic N) is 1. The molecule has 0 bridgehead atoms. The zero-order valence-corrected chi connectivity index (χ0v) is 40.1. The van der Waals surface area contributed by atoms with Gasteiger partial charge in [0.15, 0.2) is 6.10 Å². The molecule has 0 aliphatic heterocycles. The van der Waals surface area contributed by atoms with Gasteiger partial charge in [-0.15, -0.1) is 0 Å². The van der Waals surface area contributed by atoms with Gasteiger partial charge in [-0.05, 0) is 44.9 Å². The molecule has 0 rings (SSSR count). The van der Waals surface area contributed by atoms with E-state index in [0.717, 1.165) is 51.4 Å². The maximum Gasteiger partial charge on any atom is 0.306 e. The first-order valence-electron chi connectivity index (χ1n) is 24.5. The summed E-state index contributed by atoms with van der Waals surface area (Å²) >= 11 is 0. The van der Waals surface area contributed by atoms with E-state index in [-0.39, 0.29) is 32.0 Å². The Kier molecular flexibility index (Phi) is 40.8. The molecule has 0 aromatic carbocycles. The summed E-state index contributed by atoms with van der Waals surface area (Å²) in [5.74, 6) is -0.833. The minimum Gasteiger partial charge on any atom is -0.756 e. The largest absolute Gasteiger partial charge is 0.756 e. The number of rotatable bonds is 45. The fourth-order valence-electron chi connectivity index (χ4n) is 6.86. The monoisotopic (exact) mass is 856 g/mol. The van der Waals surface area contributed by atoms with Crippen LogP contribution in [0.3, 0.4) is 0 Å². The molecule has 0 heterocycles. The molecule has 0 saturated carbocycles. The molecule has 2 atom stereocenters. The van der Waals surface area contributed by atoms with Crippen molar-refractivity contribution < 1.29 is 42.1 Å². The number of ether oxygens (including phenoxy) is 2. The van der Waals surface area contributed by atoms with Gasteiger partial charge in [-0.1, -0.05) is 192 Å². The van der Waals surface area contributed by atoms with Crippen LogP contribution in [-0.2, 0) is 32.7 Å². The zero-order valence-electron chi connectivity index (χ0n) is 39.2. The molecule has 59 heavy (non-hydrogen) atoms. The van der Waals surface area contributed by atoms with Gasteiger partial charge in [-0.25, -0.2) is 0 Å². The molecule has 1 unspecified atom stereocenters. The van der Waals surface area contributed by atoms with Crippen LogP contribution in [0.2, 0.25) is 0 Å². The highest BCUT2D eigenvalue weighted by molar-refractivity contribution is 7.45. The topological polar surface area (TPSA) is 111 Å². The summed E-state index contributed by atoms with van der Waals surface area (Å²) in [5, 5.41) is 0. The smallest absolute Gasteiger partial charge is 0.306 e. The summed E-state index contributed by atoms with van der Waals surface area (Å²) in [6, 6.07) is 0. The van der Waals surface area contributed by atoms with Crippen molar-refractivity contribution in [3.8, 4) is 0 Å². The van der Waals surface area contributed by atoms with Crippen LogP contribution in [0.25, 0.3) is 0 Å². The first-order valence-corrected chi connectivity index (χ1v) is 26.0. The Balaban J connectivity index is 4.27. The highest BCUT2D eigenvalue weighted by Crippen LogP contribution is 2.38. The minimum absolute atomic E-state index is 0.0305. The number of carbonyl (C=O) groups is 2. The van der Waals surface area contributed by atoms with Crippen LogP contribution < -0.4 is 4.89 Å². The fraction of sp³-hybridized carbons (Fsp3) is 0.878. The summed E-state index contributed by atoms with van der Waals surface area (Å²) < 4.78 is 34.0. The predicted octanol–water partition coefficient (Wildman–Crippen LogP) is 13.7. The standard InChI is InChI=1S/C49H94NO8P/c1-6-8-10-12-14-16-18-20-22-24-26-27-29-31-33-35-37-39-41-48(51)55-45-47(46-57-59(53,54)56-44-43-50(3,4)5)58-49(52)42-40-38-36-34-32-30-28-25-23-21-19-17-15-13-11-9-7-2/h15,17,21,23,47H,6-14,16,18-20,22,24-46H2,1-5H3/b17-15+,23-21+/t47-/m1/s1. The lowest BCUT2D eigenvalue weighted by atomic mass is 10.0. The Bertz CT molecular complexity index is 1060. The van der Waals surface area contributed by atoms with Crippen LogP contribution >= 0.6 is 7.82 Å². The maximum atomic E-state index is 12.7. The van der Waals surface area contributed by atoms with Gasteiger partial charge in [-0.2, -0.15) is 0 Å². The number of hydrogen-bond acceptors (Lipinski definition) is 8. The minimum atomic E-state index is -4.63. The number of quaternary nitrogens is 1. The van der Waals surface area contributed by atoms with E-state index >= 15 is 0 Å². The number of phosphoric acid groups is 1. The van der Waals surface area contributed by atoms with Gasteiger partial charge >= 0.3 is 11.9 Å². The third-order valence-corrected chi connectivity index (χ3v) is 11.7. The van der Waals surface area contributed by atoms with Crippen LogP contribution in [0, 0.1) is 0 Å². The molecule has 0 N–H and O–H groups in total. The number of esters is 2. The molecular weight excluding hydrogens is 762 g/mol. The summed E-state index contributed by atoms with van der Waals surface area (Å²) in [4.78, 5) is 37.6. The van der Waals surface area contributed by atoms with Crippen molar-refractivity contribution in [3.63, 3.8) is 0 Å². The molecule has 348 valence electrons. The Hall–Kier alpha value is -1.51. The first-order chi connectivity index (χ1) is 28.5. The molecule has 0 aromatic rings. The van der Waals surface area contributed by atoms with E-state index < -0.39 is 26.5 Å². The van der Waals surface area contributed by atoms with Crippen molar-refractivity contribution in [1.29, 1.82) is 0 Å². The van der Waals surface area contributed by atoms with E-state index in [9.17, 15) is 19.0 Å². The molecular formula is C49H94NO8P. The van der Waals surface area contributed by atoms with Crippen LogP contribution in [0.4, 0.5) is 0 Å². The molecule has 10 heteroatoms. The van der Waals surface area contributed by atoms with Gasteiger partial charge < -0.3 is 27.9 Å². The number of allylic oxidation sites excluding steroid dienone is 4. The van der Waals surface area contributed by atoms with Gasteiger partial charge in [0.1, 0.15) is 19.8 Å². The number of hydrogen-bond donors (Lipinski definition) is 0. The molecule has 0 amide bonds. The van der Waals surface area contributed by atoms with Gasteiger partial charge in [-0.3, -0.25) is 14.2 Å². The van der Waals surface area contributed by atoms with Crippen molar-refractivity contribution in [2.45, 2.75) is 232 Å². The van der Waals surface area contributed by atoms with E-state index in [4.69, 9.17) is 18.5 Å². The number of unbranched alkanes of at least 4 members (excludes halogenated alkanes) is 27. The SMILES string of the molecule is CCCCC/C=C/C/C=C/CCCCCCCCCC(=O)O[C@H](COC(=O)CCCCCCCCCCCCCCCCCCCC)COP(=O)([O-])OCC[N+](C)(C)C. The highest BCUT2D eigenvalue weighted by atomic mass is 31.2. The predicted molar refractivity (Wildman–Crippen MR) is 245 cm³/mol. The van der Waals surface area contributed by atoms with Crippen molar-refractivity contribution in [2.24, 2.45) is 0 Å². The molecule has 0 fully saturated rings. The molecule has 0 radical (unpaired) electrons. The normalized spacial score (nSPS) is 13.7. The van der Waals surface area contributed by atoms with Gasteiger partial charge in [0, 0.05) is 12.8 Å². The lowest BCUT2D eigenvalue weighted by Gasteiger charge is -2.28. The van der Waals surface area contributed by atoms with Gasteiger partial charge in [0.25, 0.3) is 7.82 Å². The number of likely N-dealkylation sites (N-methyl/N-ethyl adjacent to an activating group) is 1. The maximum absolute atomic E-state index is 12.7. The summed E-state index contributed by atoms with van der Waals surface area (Å²) in [7, 11) is 1.17. The summed E-state index contributed by atoms with van der Waals surface area (Å²) in [5.41, 5.74) is 0. The average molecular weight is 856 g/mol. The van der Waals surface area contributed by atoms with E-state index in [1.807, 2.05) is 21.1 Å². The third kappa shape index (κ3) is 45.8. The summed E-state index contributed by atoms with van der Waals surface area (Å²) in [6.45, 7) is 4.23. The van der Waals surface area contributed by atoms with E-state index in [0.29, 0.717) is 17.4 Å². The third-order valence-electron chi connectivity index (χ3n) is 10.7. The second-order valence-corrected chi connectivity index (χ2v) is 19.2. The molecule has 0 spiro atoms. The van der Waals surface area contributed by atoms with Crippen molar-refractivity contribution in [1.82, 2.24) is 0 Å². The molecule has 0 aliphatic rings. The Labute approximate surface area is 364 Å². The van der Waals surface area contributed by atoms with Gasteiger partial charge in [0.2, 0.25) is 0 Å². The molecule has 9 nitrogen and oxygen atoms in total. The number of carbonyl (C=O) groups excluding carboxylic acids is 2. The quantitative estimate of drug-likeness (QED) is 0.0196. The Morgan fingerprint density at radius 3 is 1.37 bits per heavy atom. The van der Waals surface area contributed by atoms with Crippen LogP contribution in [0.5, 0.6) is 0 Å². The van der Waals surface area contributed by atoms with Crippen LogP contribution in [-0.4, -0.2) is 70.0 Å². The number of phosphoric ester groups is 1. The fourth-order valence-corrected chi connectivity index (χ4v) is 7.59. The van der Waals surface area contributed by atoms with Crippen molar-refractivity contribution in [2.75, 3.05) is 47.5 Å². The second kappa shape index (κ2) is 41.8. The average Bonchev–Trinajstić information content (AvgIpc) is 3.19. The van der Waals surface area contributed by atoms with E-state index in [1.54, 1.807) is 0 Å². The zero-order chi connectivity index (χ0) is 43.6. The molecule has 0 saturated heterocycles. The van der Waals surface area contributed by atoms with Crippen molar-refractivity contribution in [3.05, 3.63) is 24.3 Å². The Morgan fingerprint density at radius 1 is 0.525 bits per heavy atom. The highest BCUT2D eigenvalue weighted by Gasteiger charge is 2.21. The van der Waals surface area contributed by atoms with Crippen LogP contribution in [0.1, 0.15) is 226 Å². The van der Waals surface area contributed by atoms with Gasteiger partial charge in [0.05, 0.1) is 27.7 Å². The van der Waals surface area contributed by atoms with Crippen molar-refractivity contribution >= 4 is 19.8 Å². The summed E-state index contributed by atoms with van der Waals surface area (Å²) in [6.07, 6.45) is 46.3. The van der Waals surface area contributed by atoms with Crippen LogP contribution in [0.15, 0.2) is 24.3 Å². The van der Waals surface area contributed by atoms with E-state index in [1.165, 1.54) is 141 Å². The Morgan fingerprint density at radius 2 is 0.915 bits per heavy atom.